The van der Waals surface area contributed by atoms with Crippen molar-refractivity contribution >= 4 is 17.3 Å². The molecule has 0 saturated heterocycles. The van der Waals surface area contributed by atoms with Crippen LogP contribution in [0.25, 0.3) is 0 Å². The van der Waals surface area contributed by atoms with Crippen LogP contribution < -0.4 is 10.6 Å². The van der Waals surface area contributed by atoms with Crippen LogP contribution >= 0.6 is 11.3 Å². The third kappa shape index (κ3) is 5.44. The molecule has 106 valence electrons. The van der Waals surface area contributed by atoms with E-state index in [1.807, 2.05) is 6.08 Å². The van der Waals surface area contributed by atoms with Crippen LogP contribution in [0.15, 0.2) is 35.2 Å². The quantitative estimate of drug-likeness (QED) is 0.456. The van der Waals surface area contributed by atoms with Crippen molar-refractivity contribution in [2.45, 2.75) is 13.0 Å². The fourth-order valence-corrected chi connectivity index (χ4v) is 2.59. The highest BCUT2D eigenvalue weighted by atomic mass is 32.1. The SMILES string of the molecule is C=CCNC(=NCC(c1cccs1)N(C)C)NCC. The van der Waals surface area contributed by atoms with E-state index < -0.39 is 0 Å². The van der Waals surface area contributed by atoms with Gasteiger partial charge in [0.15, 0.2) is 5.96 Å². The van der Waals surface area contributed by atoms with Gasteiger partial charge in [-0.05, 0) is 32.5 Å². The topological polar surface area (TPSA) is 39.7 Å². The first-order valence-electron chi connectivity index (χ1n) is 6.52. The van der Waals surface area contributed by atoms with E-state index in [4.69, 9.17) is 0 Å². The Morgan fingerprint density at radius 2 is 2.32 bits per heavy atom. The zero-order chi connectivity index (χ0) is 14.1. The van der Waals surface area contributed by atoms with Gasteiger partial charge in [-0.25, -0.2) is 0 Å². The number of thiophene rings is 1. The van der Waals surface area contributed by atoms with E-state index in [1.165, 1.54) is 4.88 Å². The zero-order valence-electron chi connectivity index (χ0n) is 12.0. The largest absolute Gasteiger partial charge is 0.357 e. The van der Waals surface area contributed by atoms with Crippen molar-refractivity contribution < 1.29 is 0 Å². The molecule has 0 amide bonds. The highest BCUT2D eigenvalue weighted by Gasteiger charge is 2.14. The summed E-state index contributed by atoms with van der Waals surface area (Å²) in [6.07, 6.45) is 1.83. The summed E-state index contributed by atoms with van der Waals surface area (Å²) in [5.41, 5.74) is 0. The molecule has 19 heavy (non-hydrogen) atoms. The lowest BCUT2D eigenvalue weighted by Gasteiger charge is -2.22. The number of aliphatic imine (C=N–C) groups is 1. The first kappa shape index (κ1) is 15.7. The van der Waals surface area contributed by atoms with E-state index in [2.05, 4.69) is 65.6 Å². The second kappa shape index (κ2) is 8.72. The van der Waals surface area contributed by atoms with Gasteiger partial charge in [-0.1, -0.05) is 12.1 Å². The lowest BCUT2D eigenvalue weighted by Crippen LogP contribution is -2.38. The summed E-state index contributed by atoms with van der Waals surface area (Å²) >= 11 is 1.77. The van der Waals surface area contributed by atoms with Crippen molar-refractivity contribution in [3.63, 3.8) is 0 Å². The molecule has 2 N–H and O–H groups in total. The molecule has 1 unspecified atom stereocenters. The number of likely N-dealkylation sites (N-methyl/N-ethyl adjacent to an activating group) is 1. The number of guanidine groups is 1. The summed E-state index contributed by atoms with van der Waals surface area (Å²) in [6.45, 7) is 8.08. The molecule has 0 spiro atoms. The Morgan fingerprint density at radius 3 is 2.84 bits per heavy atom. The lowest BCUT2D eigenvalue weighted by molar-refractivity contribution is 0.310. The Bertz CT molecular complexity index is 384. The molecule has 1 rings (SSSR count). The van der Waals surface area contributed by atoms with Crippen molar-refractivity contribution in [3.05, 3.63) is 35.0 Å². The Balaban J connectivity index is 2.68. The molecule has 1 heterocycles. The Hall–Kier alpha value is -1.33. The standard InChI is InChI=1S/C14H24N4S/c1-5-9-16-14(15-6-2)17-11-12(18(3)4)13-8-7-10-19-13/h5,7-8,10,12H,1,6,9,11H2,2-4H3,(H2,15,16,17). The van der Waals surface area contributed by atoms with Gasteiger partial charge >= 0.3 is 0 Å². The smallest absolute Gasteiger partial charge is 0.191 e. The molecule has 0 aromatic carbocycles. The minimum Gasteiger partial charge on any atom is -0.357 e. The zero-order valence-corrected chi connectivity index (χ0v) is 12.8. The lowest BCUT2D eigenvalue weighted by atomic mass is 10.2. The molecule has 0 saturated carbocycles. The summed E-state index contributed by atoms with van der Waals surface area (Å²) in [5, 5.41) is 8.56. The normalized spacial score (nSPS) is 13.4. The summed E-state index contributed by atoms with van der Waals surface area (Å²) < 4.78 is 0. The molecule has 5 heteroatoms. The van der Waals surface area contributed by atoms with E-state index in [-0.39, 0.29) is 0 Å². The fourth-order valence-electron chi connectivity index (χ4n) is 1.68. The molecular formula is C14H24N4S. The molecular weight excluding hydrogens is 256 g/mol. The number of nitrogens with one attached hydrogen (secondary N) is 2. The molecule has 0 radical (unpaired) electrons. The number of hydrogen-bond acceptors (Lipinski definition) is 3. The second-order valence-corrected chi connectivity index (χ2v) is 5.36. The fraction of sp³-hybridized carbons (Fsp3) is 0.500. The van der Waals surface area contributed by atoms with E-state index in [9.17, 15) is 0 Å². The maximum absolute atomic E-state index is 4.64. The first-order chi connectivity index (χ1) is 9.19. The predicted octanol–water partition coefficient (Wildman–Crippen LogP) is 2.09. The van der Waals surface area contributed by atoms with Gasteiger partial charge in [-0.2, -0.15) is 0 Å². The van der Waals surface area contributed by atoms with Gasteiger partial charge in [0.25, 0.3) is 0 Å². The average Bonchev–Trinajstić information content (AvgIpc) is 2.89. The van der Waals surface area contributed by atoms with Crippen LogP contribution in [0.4, 0.5) is 0 Å². The monoisotopic (exact) mass is 280 g/mol. The number of rotatable bonds is 7. The van der Waals surface area contributed by atoms with Crippen molar-refractivity contribution in [1.82, 2.24) is 15.5 Å². The number of hydrogen-bond donors (Lipinski definition) is 2. The van der Waals surface area contributed by atoms with Crippen LogP contribution in [0.2, 0.25) is 0 Å². The minimum absolute atomic E-state index is 0.319. The molecule has 0 aliphatic heterocycles. The highest BCUT2D eigenvalue weighted by Crippen LogP contribution is 2.23. The van der Waals surface area contributed by atoms with Crippen LogP contribution in [0.5, 0.6) is 0 Å². The van der Waals surface area contributed by atoms with Crippen LogP contribution in [-0.4, -0.2) is 44.6 Å². The van der Waals surface area contributed by atoms with Crippen molar-refractivity contribution in [3.8, 4) is 0 Å². The van der Waals surface area contributed by atoms with Crippen LogP contribution in [0, 0.1) is 0 Å². The Morgan fingerprint density at radius 1 is 1.53 bits per heavy atom. The van der Waals surface area contributed by atoms with Crippen LogP contribution in [0.3, 0.4) is 0 Å². The summed E-state index contributed by atoms with van der Waals surface area (Å²) in [5.74, 6) is 0.839. The molecule has 4 nitrogen and oxygen atoms in total. The van der Waals surface area contributed by atoms with E-state index >= 15 is 0 Å². The maximum Gasteiger partial charge on any atom is 0.191 e. The molecule has 0 aliphatic rings. The predicted molar refractivity (Wildman–Crippen MR) is 84.9 cm³/mol. The molecule has 0 aliphatic carbocycles. The van der Waals surface area contributed by atoms with E-state index in [0.717, 1.165) is 25.6 Å². The van der Waals surface area contributed by atoms with Gasteiger partial charge in [0.2, 0.25) is 0 Å². The van der Waals surface area contributed by atoms with Gasteiger partial charge in [0.1, 0.15) is 0 Å². The van der Waals surface area contributed by atoms with E-state index in [0.29, 0.717) is 6.04 Å². The molecule has 1 aromatic heterocycles. The second-order valence-electron chi connectivity index (χ2n) is 4.38. The Kier molecular flexibility index (Phi) is 7.22. The van der Waals surface area contributed by atoms with Crippen molar-refractivity contribution in [2.24, 2.45) is 4.99 Å². The van der Waals surface area contributed by atoms with Crippen molar-refractivity contribution in [2.75, 3.05) is 33.7 Å². The third-order valence-electron chi connectivity index (χ3n) is 2.68. The highest BCUT2D eigenvalue weighted by molar-refractivity contribution is 7.10. The van der Waals surface area contributed by atoms with Crippen LogP contribution in [-0.2, 0) is 0 Å². The first-order valence-corrected chi connectivity index (χ1v) is 7.39. The summed E-state index contributed by atoms with van der Waals surface area (Å²) in [7, 11) is 4.17. The van der Waals surface area contributed by atoms with Crippen LogP contribution in [0.1, 0.15) is 17.8 Å². The molecule has 1 aromatic rings. The molecule has 0 bridgehead atoms. The maximum atomic E-state index is 4.64. The summed E-state index contributed by atoms with van der Waals surface area (Å²) in [6, 6.07) is 4.57. The van der Waals surface area contributed by atoms with Gasteiger partial charge in [0.05, 0.1) is 12.6 Å². The van der Waals surface area contributed by atoms with Crippen molar-refractivity contribution in [1.29, 1.82) is 0 Å². The van der Waals surface area contributed by atoms with E-state index in [1.54, 1.807) is 11.3 Å². The average molecular weight is 280 g/mol. The summed E-state index contributed by atoms with van der Waals surface area (Å²) in [4.78, 5) is 8.18. The number of nitrogens with zero attached hydrogens (tertiary/aromatic N) is 2. The molecule has 0 fully saturated rings. The minimum atomic E-state index is 0.319. The van der Waals surface area contributed by atoms with Gasteiger partial charge in [-0.3, -0.25) is 4.99 Å². The Labute approximate surface area is 120 Å². The van der Waals surface area contributed by atoms with Gasteiger partial charge < -0.3 is 15.5 Å². The van der Waals surface area contributed by atoms with Gasteiger partial charge in [0, 0.05) is 18.0 Å². The third-order valence-corrected chi connectivity index (χ3v) is 3.65. The van der Waals surface area contributed by atoms with Gasteiger partial charge in [-0.15, -0.1) is 17.9 Å². The molecule has 1 atom stereocenters.